The number of carbonyl (C=O) groups excluding carboxylic acids is 2. The summed E-state index contributed by atoms with van der Waals surface area (Å²) in [5, 5.41) is 5.84. The van der Waals surface area contributed by atoms with Crippen LogP contribution in [0.15, 0.2) is 54.6 Å². The Labute approximate surface area is 210 Å². The Balaban J connectivity index is 1.24. The van der Waals surface area contributed by atoms with E-state index in [-0.39, 0.29) is 12.0 Å². The molecule has 188 valence electrons. The molecule has 3 atom stereocenters. The zero-order chi connectivity index (χ0) is 24.6. The van der Waals surface area contributed by atoms with Gasteiger partial charge < -0.3 is 10.6 Å². The number of carbonyl (C=O) groups is 2. The molecule has 0 aliphatic carbocycles. The second kappa shape index (κ2) is 12.3. The van der Waals surface area contributed by atoms with E-state index in [9.17, 15) is 9.59 Å². The van der Waals surface area contributed by atoms with Crippen molar-refractivity contribution in [1.82, 2.24) is 20.4 Å². The number of hydrogen-bond acceptors (Lipinski definition) is 4. The Morgan fingerprint density at radius 2 is 1.60 bits per heavy atom. The first-order chi connectivity index (χ1) is 17.0. The van der Waals surface area contributed by atoms with Crippen molar-refractivity contribution in [2.45, 2.75) is 71.2 Å². The molecule has 6 heteroatoms. The summed E-state index contributed by atoms with van der Waals surface area (Å²) in [4.78, 5) is 30.2. The number of rotatable bonds is 7. The Hall–Kier alpha value is -2.70. The van der Waals surface area contributed by atoms with E-state index in [1.165, 1.54) is 30.4 Å². The summed E-state index contributed by atoms with van der Waals surface area (Å²) < 4.78 is 0. The Morgan fingerprint density at radius 1 is 0.857 bits per heavy atom. The van der Waals surface area contributed by atoms with E-state index in [2.05, 4.69) is 64.6 Å². The van der Waals surface area contributed by atoms with Crippen LogP contribution in [0.4, 0.5) is 0 Å². The molecule has 0 aromatic heterocycles. The highest BCUT2D eigenvalue weighted by Crippen LogP contribution is 2.21. The number of nitrogens with one attached hydrogen (secondary N) is 2. The van der Waals surface area contributed by atoms with Crippen molar-refractivity contribution in [2.75, 3.05) is 19.6 Å². The third-order valence-corrected chi connectivity index (χ3v) is 7.63. The van der Waals surface area contributed by atoms with Gasteiger partial charge in [0, 0.05) is 44.8 Å². The van der Waals surface area contributed by atoms with Gasteiger partial charge in [0.2, 0.25) is 0 Å². The van der Waals surface area contributed by atoms with Crippen molar-refractivity contribution in [2.24, 2.45) is 5.92 Å². The van der Waals surface area contributed by atoms with Crippen molar-refractivity contribution in [3.8, 4) is 0 Å². The average Bonchev–Trinajstić information content (AvgIpc) is 2.87. The van der Waals surface area contributed by atoms with E-state index in [1.54, 1.807) is 0 Å². The van der Waals surface area contributed by atoms with Gasteiger partial charge in [-0.15, -0.1) is 0 Å². The lowest BCUT2D eigenvalue weighted by atomic mass is 9.93. The van der Waals surface area contributed by atoms with Gasteiger partial charge in [0.25, 0.3) is 0 Å². The van der Waals surface area contributed by atoms with Crippen LogP contribution in [-0.4, -0.2) is 53.3 Å². The summed E-state index contributed by atoms with van der Waals surface area (Å²) in [5.41, 5.74) is 3.60. The lowest BCUT2D eigenvalue weighted by Crippen LogP contribution is -2.52. The number of likely N-dealkylation sites (tertiary alicyclic amines) is 2. The van der Waals surface area contributed by atoms with Crippen molar-refractivity contribution in [1.29, 1.82) is 0 Å². The monoisotopic (exact) mass is 476 g/mol. The predicted molar refractivity (Wildman–Crippen MR) is 139 cm³/mol. The highest BCUT2D eigenvalue weighted by Gasteiger charge is 2.29. The molecule has 0 spiro atoms. The number of amides is 2. The molecule has 6 nitrogen and oxygen atoms in total. The third kappa shape index (κ3) is 7.15. The normalized spacial score (nSPS) is 23.5. The fourth-order valence-corrected chi connectivity index (χ4v) is 5.42. The molecule has 2 aliphatic rings. The minimum absolute atomic E-state index is 0.0214. The first kappa shape index (κ1) is 25.4. The molecule has 2 N–H and O–H groups in total. The molecule has 0 saturated carbocycles. The fraction of sp³-hybridized carbons (Fsp3) is 0.517. The minimum Gasteiger partial charge on any atom is -0.345 e. The molecule has 2 aromatic rings. The van der Waals surface area contributed by atoms with Gasteiger partial charge in [0.1, 0.15) is 0 Å². The van der Waals surface area contributed by atoms with E-state index in [0.717, 1.165) is 44.7 Å². The largest absolute Gasteiger partial charge is 0.345 e. The predicted octanol–water partition coefficient (Wildman–Crippen LogP) is 3.70. The SMILES string of the molecule is CC1CN(Cc2ccccc2)CCC1NC(=O)C(=O)NCc1ccccc1CN1CCCCC1C. The Bertz CT molecular complexity index is 980. The quantitative estimate of drug-likeness (QED) is 0.598. The highest BCUT2D eigenvalue weighted by molar-refractivity contribution is 6.35. The maximum absolute atomic E-state index is 12.7. The topological polar surface area (TPSA) is 64.7 Å². The number of benzene rings is 2. The average molecular weight is 477 g/mol. The summed E-state index contributed by atoms with van der Waals surface area (Å²) in [6.07, 6.45) is 4.63. The molecule has 2 aliphatic heterocycles. The second-order valence-corrected chi connectivity index (χ2v) is 10.3. The van der Waals surface area contributed by atoms with Gasteiger partial charge in [0.05, 0.1) is 0 Å². The van der Waals surface area contributed by atoms with Crippen molar-refractivity contribution in [3.05, 3.63) is 71.3 Å². The second-order valence-electron chi connectivity index (χ2n) is 10.3. The van der Waals surface area contributed by atoms with Gasteiger partial charge in [-0.2, -0.15) is 0 Å². The molecule has 4 rings (SSSR count). The first-order valence-corrected chi connectivity index (χ1v) is 13.2. The molecule has 2 heterocycles. The minimum atomic E-state index is -0.551. The number of hydrogen-bond donors (Lipinski definition) is 2. The maximum Gasteiger partial charge on any atom is 0.309 e. The van der Waals surface area contributed by atoms with Crippen LogP contribution in [0.25, 0.3) is 0 Å². The van der Waals surface area contributed by atoms with E-state index in [0.29, 0.717) is 12.6 Å². The zero-order valence-corrected chi connectivity index (χ0v) is 21.2. The zero-order valence-electron chi connectivity index (χ0n) is 21.2. The highest BCUT2D eigenvalue weighted by atomic mass is 16.2. The van der Waals surface area contributed by atoms with Crippen LogP contribution in [0.5, 0.6) is 0 Å². The Morgan fingerprint density at radius 3 is 2.34 bits per heavy atom. The number of nitrogens with zero attached hydrogens (tertiary/aromatic N) is 2. The van der Waals surface area contributed by atoms with Crippen LogP contribution in [0, 0.1) is 5.92 Å². The molecule has 35 heavy (non-hydrogen) atoms. The molecule has 3 unspecified atom stereocenters. The van der Waals surface area contributed by atoms with Crippen LogP contribution in [-0.2, 0) is 29.2 Å². The van der Waals surface area contributed by atoms with Crippen LogP contribution >= 0.6 is 0 Å². The molecule has 2 fully saturated rings. The lowest BCUT2D eigenvalue weighted by Gasteiger charge is -2.37. The third-order valence-electron chi connectivity index (χ3n) is 7.63. The van der Waals surface area contributed by atoms with E-state index in [4.69, 9.17) is 0 Å². The fourth-order valence-electron chi connectivity index (χ4n) is 5.42. The standard InChI is InChI=1S/C29H40N4O2/c1-22-19-32(20-24-11-4-3-5-12-24)17-15-27(22)31-29(35)28(34)30-18-25-13-6-7-14-26(25)21-33-16-9-8-10-23(33)2/h3-7,11-14,22-23,27H,8-10,15-21H2,1-2H3,(H,30,34)(H,31,35). The van der Waals surface area contributed by atoms with Gasteiger partial charge in [-0.3, -0.25) is 19.4 Å². The van der Waals surface area contributed by atoms with Crippen molar-refractivity contribution >= 4 is 11.8 Å². The van der Waals surface area contributed by atoms with Gasteiger partial charge in [-0.05, 0) is 55.3 Å². The number of piperidine rings is 2. The van der Waals surface area contributed by atoms with Crippen LogP contribution < -0.4 is 10.6 Å². The van der Waals surface area contributed by atoms with Gasteiger partial charge in [-0.1, -0.05) is 67.9 Å². The summed E-state index contributed by atoms with van der Waals surface area (Å²) in [6, 6.07) is 19.3. The van der Waals surface area contributed by atoms with Crippen molar-refractivity contribution < 1.29 is 9.59 Å². The molecular formula is C29H40N4O2. The summed E-state index contributed by atoms with van der Waals surface area (Å²) in [7, 11) is 0. The van der Waals surface area contributed by atoms with Gasteiger partial charge in [-0.25, -0.2) is 0 Å². The van der Waals surface area contributed by atoms with E-state index >= 15 is 0 Å². The maximum atomic E-state index is 12.7. The van der Waals surface area contributed by atoms with Gasteiger partial charge in [0.15, 0.2) is 0 Å². The summed E-state index contributed by atoms with van der Waals surface area (Å²) in [5.74, 6) is -0.790. The lowest BCUT2D eigenvalue weighted by molar-refractivity contribution is -0.140. The van der Waals surface area contributed by atoms with E-state index in [1.807, 2.05) is 24.3 Å². The molecule has 2 saturated heterocycles. The van der Waals surface area contributed by atoms with E-state index < -0.39 is 11.8 Å². The molecule has 2 aromatic carbocycles. The van der Waals surface area contributed by atoms with Gasteiger partial charge >= 0.3 is 11.8 Å². The summed E-state index contributed by atoms with van der Waals surface area (Å²) >= 11 is 0. The van der Waals surface area contributed by atoms with Crippen LogP contribution in [0.3, 0.4) is 0 Å². The van der Waals surface area contributed by atoms with Crippen molar-refractivity contribution in [3.63, 3.8) is 0 Å². The van der Waals surface area contributed by atoms with Crippen LogP contribution in [0.1, 0.15) is 56.2 Å². The van der Waals surface area contributed by atoms with Crippen LogP contribution in [0.2, 0.25) is 0 Å². The molecule has 0 bridgehead atoms. The Kier molecular flexibility index (Phi) is 8.94. The first-order valence-electron chi connectivity index (χ1n) is 13.2. The molecular weight excluding hydrogens is 436 g/mol. The smallest absolute Gasteiger partial charge is 0.309 e. The summed E-state index contributed by atoms with van der Waals surface area (Å²) in [6.45, 7) is 9.56. The molecule has 2 amide bonds. The molecule has 0 radical (unpaired) electrons.